The van der Waals surface area contributed by atoms with Crippen LogP contribution in [-0.4, -0.2) is 13.0 Å². The number of benzene rings is 2. The van der Waals surface area contributed by atoms with Gasteiger partial charge in [0.05, 0.1) is 7.11 Å². The number of hydrogen-bond acceptors (Lipinski definition) is 2. The Morgan fingerprint density at radius 1 is 1.14 bits per heavy atom. The zero-order chi connectivity index (χ0) is 15.0. The average molecular weight is 287 g/mol. The number of methoxy groups -OCH3 is 1. The molecule has 2 aromatic carbocycles. The first kappa shape index (κ1) is 13.3. The number of carbonyl (C=O) groups is 1. The first-order chi connectivity index (χ1) is 10.1. The summed E-state index contributed by atoms with van der Waals surface area (Å²) in [5.41, 5.74) is 1.81. The second kappa shape index (κ2) is 5.01. The van der Waals surface area contributed by atoms with E-state index in [2.05, 4.69) is 5.32 Å². The van der Waals surface area contributed by atoms with E-state index in [1.54, 1.807) is 6.07 Å². The number of anilines is 1. The standard InChI is InChI=1S/C16H11F2NO2/c1-21-15-5-2-9(7-13(15)18)6-12-11-8-10(17)3-4-14(11)19-16(12)20/h2-8H,1H3,(H,19,20)/b12-6+. The number of halogens is 2. The third kappa shape index (κ3) is 2.38. The minimum absolute atomic E-state index is 0.125. The Morgan fingerprint density at radius 2 is 1.95 bits per heavy atom. The number of nitrogens with one attached hydrogen (secondary N) is 1. The molecule has 3 rings (SSSR count). The van der Waals surface area contributed by atoms with Gasteiger partial charge < -0.3 is 10.1 Å². The Balaban J connectivity index is 2.06. The van der Waals surface area contributed by atoms with E-state index in [4.69, 9.17) is 4.74 Å². The summed E-state index contributed by atoms with van der Waals surface area (Å²) in [6.45, 7) is 0. The summed E-state index contributed by atoms with van der Waals surface area (Å²) in [4.78, 5) is 11.9. The highest BCUT2D eigenvalue weighted by molar-refractivity contribution is 6.34. The van der Waals surface area contributed by atoms with E-state index in [0.717, 1.165) is 0 Å². The van der Waals surface area contributed by atoms with Crippen molar-refractivity contribution in [2.24, 2.45) is 0 Å². The van der Waals surface area contributed by atoms with Gasteiger partial charge in [-0.1, -0.05) is 6.07 Å². The Kier molecular flexibility index (Phi) is 3.17. The van der Waals surface area contributed by atoms with E-state index in [1.165, 1.54) is 43.5 Å². The van der Waals surface area contributed by atoms with Crippen LogP contribution in [0.2, 0.25) is 0 Å². The van der Waals surface area contributed by atoms with Crippen LogP contribution in [-0.2, 0) is 4.79 Å². The van der Waals surface area contributed by atoms with E-state index in [1.807, 2.05) is 0 Å². The van der Waals surface area contributed by atoms with Gasteiger partial charge in [-0.05, 0) is 42.0 Å². The smallest absolute Gasteiger partial charge is 0.256 e. The van der Waals surface area contributed by atoms with Crippen LogP contribution >= 0.6 is 0 Å². The fourth-order valence-electron chi connectivity index (χ4n) is 2.24. The summed E-state index contributed by atoms with van der Waals surface area (Å²) in [5, 5.41) is 2.64. The summed E-state index contributed by atoms with van der Waals surface area (Å²) in [7, 11) is 1.37. The van der Waals surface area contributed by atoms with Gasteiger partial charge in [-0.15, -0.1) is 0 Å². The van der Waals surface area contributed by atoms with Crippen molar-refractivity contribution >= 4 is 23.2 Å². The quantitative estimate of drug-likeness (QED) is 0.859. The van der Waals surface area contributed by atoms with Crippen molar-refractivity contribution in [3.63, 3.8) is 0 Å². The zero-order valence-electron chi connectivity index (χ0n) is 11.1. The lowest BCUT2D eigenvalue weighted by Gasteiger charge is -2.03. The van der Waals surface area contributed by atoms with Crippen molar-refractivity contribution in [3.8, 4) is 5.75 Å². The van der Waals surface area contributed by atoms with E-state index in [9.17, 15) is 13.6 Å². The molecule has 0 fully saturated rings. The molecule has 0 bridgehead atoms. The first-order valence-corrected chi connectivity index (χ1v) is 6.25. The molecule has 0 aliphatic carbocycles. The monoisotopic (exact) mass is 287 g/mol. The molecule has 0 aromatic heterocycles. The lowest BCUT2D eigenvalue weighted by molar-refractivity contribution is -0.110. The Labute approximate surface area is 119 Å². The van der Waals surface area contributed by atoms with Gasteiger partial charge in [-0.3, -0.25) is 4.79 Å². The largest absolute Gasteiger partial charge is 0.494 e. The number of fused-ring (bicyclic) bond motifs is 1. The maximum absolute atomic E-state index is 13.7. The van der Waals surface area contributed by atoms with Crippen molar-refractivity contribution in [1.82, 2.24) is 0 Å². The van der Waals surface area contributed by atoms with Crippen molar-refractivity contribution in [2.75, 3.05) is 12.4 Å². The molecule has 0 saturated heterocycles. The molecule has 0 atom stereocenters. The van der Waals surface area contributed by atoms with Gasteiger partial charge in [0.25, 0.3) is 5.91 Å². The summed E-state index contributed by atoms with van der Waals surface area (Å²) >= 11 is 0. The number of carbonyl (C=O) groups excluding carboxylic acids is 1. The molecule has 0 saturated carbocycles. The predicted octanol–water partition coefficient (Wildman–Crippen LogP) is 3.47. The maximum atomic E-state index is 13.7. The zero-order valence-corrected chi connectivity index (χ0v) is 11.1. The van der Waals surface area contributed by atoms with Gasteiger partial charge >= 0.3 is 0 Å². The first-order valence-electron chi connectivity index (χ1n) is 6.25. The summed E-state index contributed by atoms with van der Waals surface area (Å²) in [5.74, 6) is -1.17. The van der Waals surface area contributed by atoms with Crippen LogP contribution in [0.3, 0.4) is 0 Å². The molecular weight excluding hydrogens is 276 g/mol. The number of ether oxygens (including phenoxy) is 1. The van der Waals surface area contributed by atoms with Crippen LogP contribution in [0.1, 0.15) is 11.1 Å². The minimum atomic E-state index is -0.523. The van der Waals surface area contributed by atoms with Crippen molar-refractivity contribution in [1.29, 1.82) is 0 Å². The van der Waals surface area contributed by atoms with Gasteiger partial charge in [0.1, 0.15) is 5.82 Å². The average Bonchev–Trinajstić information content (AvgIpc) is 2.75. The highest BCUT2D eigenvalue weighted by Gasteiger charge is 2.24. The Hall–Kier alpha value is -2.69. The molecule has 0 unspecified atom stereocenters. The molecule has 1 amide bonds. The predicted molar refractivity (Wildman–Crippen MR) is 75.9 cm³/mol. The van der Waals surface area contributed by atoms with Gasteiger partial charge in [0, 0.05) is 16.8 Å². The van der Waals surface area contributed by atoms with E-state index in [0.29, 0.717) is 22.4 Å². The normalized spacial score (nSPS) is 15.0. The SMILES string of the molecule is COc1ccc(/C=C2/C(=O)Nc3ccc(F)cc32)cc1F. The fraction of sp³-hybridized carbons (Fsp3) is 0.0625. The molecule has 1 heterocycles. The molecule has 2 aromatic rings. The van der Waals surface area contributed by atoms with E-state index >= 15 is 0 Å². The Morgan fingerprint density at radius 3 is 2.67 bits per heavy atom. The van der Waals surface area contributed by atoms with Crippen LogP contribution in [0.25, 0.3) is 11.6 Å². The molecule has 0 radical (unpaired) electrons. The lowest BCUT2D eigenvalue weighted by atomic mass is 10.0. The van der Waals surface area contributed by atoms with Gasteiger partial charge in [0.15, 0.2) is 11.6 Å². The highest BCUT2D eigenvalue weighted by atomic mass is 19.1. The fourth-order valence-corrected chi connectivity index (χ4v) is 2.24. The second-order valence-electron chi connectivity index (χ2n) is 4.60. The van der Waals surface area contributed by atoms with Crippen LogP contribution in [0, 0.1) is 11.6 Å². The molecule has 21 heavy (non-hydrogen) atoms. The Bertz CT molecular complexity index is 769. The van der Waals surface area contributed by atoms with Crippen molar-refractivity contribution in [2.45, 2.75) is 0 Å². The van der Waals surface area contributed by atoms with Crippen LogP contribution in [0.5, 0.6) is 5.75 Å². The minimum Gasteiger partial charge on any atom is -0.494 e. The molecule has 1 N–H and O–H groups in total. The molecule has 1 aliphatic rings. The lowest BCUT2D eigenvalue weighted by Crippen LogP contribution is -2.03. The highest BCUT2D eigenvalue weighted by Crippen LogP contribution is 2.33. The number of amides is 1. The molecular formula is C16H11F2NO2. The molecule has 106 valence electrons. The summed E-state index contributed by atoms with van der Waals surface area (Å²) in [6, 6.07) is 8.41. The summed E-state index contributed by atoms with van der Waals surface area (Å²) in [6.07, 6.45) is 1.52. The van der Waals surface area contributed by atoms with Gasteiger partial charge in [-0.2, -0.15) is 0 Å². The third-order valence-electron chi connectivity index (χ3n) is 3.25. The third-order valence-corrected chi connectivity index (χ3v) is 3.25. The number of rotatable bonds is 2. The van der Waals surface area contributed by atoms with Crippen LogP contribution < -0.4 is 10.1 Å². The topological polar surface area (TPSA) is 38.3 Å². The molecule has 1 aliphatic heterocycles. The van der Waals surface area contributed by atoms with Crippen LogP contribution in [0.4, 0.5) is 14.5 Å². The van der Waals surface area contributed by atoms with Crippen molar-refractivity contribution < 1.29 is 18.3 Å². The molecule has 5 heteroatoms. The van der Waals surface area contributed by atoms with Gasteiger partial charge in [0.2, 0.25) is 0 Å². The van der Waals surface area contributed by atoms with E-state index < -0.39 is 11.6 Å². The number of hydrogen-bond donors (Lipinski definition) is 1. The molecule has 3 nitrogen and oxygen atoms in total. The van der Waals surface area contributed by atoms with Crippen LogP contribution in [0.15, 0.2) is 36.4 Å². The maximum Gasteiger partial charge on any atom is 0.256 e. The molecule has 0 spiro atoms. The second-order valence-corrected chi connectivity index (χ2v) is 4.60. The summed E-state index contributed by atoms with van der Waals surface area (Å²) < 4.78 is 31.8. The van der Waals surface area contributed by atoms with E-state index in [-0.39, 0.29) is 11.7 Å². The van der Waals surface area contributed by atoms with Crippen molar-refractivity contribution in [3.05, 3.63) is 59.2 Å². The van der Waals surface area contributed by atoms with Gasteiger partial charge in [-0.25, -0.2) is 8.78 Å².